The Morgan fingerprint density at radius 3 is 2.57 bits per heavy atom. The van der Waals surface area contributed by atoms with Crippen LogP contribution in [0, 0.1) is 24.2 Å². The van der Waals surface area contributed by atoms with E-state index in [9.17, 15) is 5.11 Å². The average Bonchev–Trinajstić information content (AvgIpc) is 2.48. The van der Waals surface area contributed by atoms with Crippen LogP contribution in [-0.4, -0.2) is 10.7 Å². The second-order valence-electron chi connectivity index (χ2n) is 5.93. The van der Waals surface area contributed by atoms with Gasteiger partial charge in [-0.1, -0.05) is 75.1 Å². The number of aliphatic hydroxyl groups is 1. The molecule has 1 rings (SSSR count). The zero-order valence-corrected chi connectivity index (χ0v) is 13.3. The van der Waals surface area contributed by atoms with Crippen molar-refractivity contribution in [3.63, 3.8) is 0 Å². The second-order valence-corrected chi connectivity index (χ2v) is 5.93. The first kappa shape index (κ1) is 17.5. The van der Waals surface area contributed by atoms with E-state index in [4.69, 9.17) is 6.42 Å². The molecule has 21 heavy (non-hydrogen) atoms. The molecule has 1 aliphatic rings. The van der Waals surface area contributed by atoms with Crippen molar-refractivity contribution >= 4 is 0 Å². The first-order valence-corrected chi connectivity index (χ1v) is 7.98. The normalized spacial score (nSPS) is 38.0. The van der Waals surface area contributed by atoms with Crippen LogP contribution >= 0.6 is 0 Å². The average molecular weight is 284 g/mol. The Bertz CT molecular complexity index is 447. The summed E-state index contributed by atoms with van der Waals surface area (Å²) >= 11 is 0. The number of allylic oxidation sites excluding steroid dienone is 6. The predicted molar refractivity (Wildman–Crippen MR) is 91.8 cm³/mol. The fourth-order valence-corrected chi connectivity index (χ4v) is 2.36. The molecule has 0 aliphatic heterocycles. The quantitative estimate of drug-likeness (QED) is 0.500. The largest absolute Gasteiger partial charge is 0.373 e. The Morgan fingerprint density at radius 1 is 1.05 bits per heavy atom. The first-order valence-electron chi connectivity index (χ1n) is 7.98. The molecule has 0 aromatic carbocycles. The van der Waals surface area contributed by atoms with E-state index in [1.54, 1.807) is 6.08 Å². The summed E-state index contributed by atoms with van der Waals surface area (Å²) in [5, 5.41) is 10.5. The maximum Gasteiger partial charge on any atom is 0.150 e. The van der Waals surface area contributed by atoms with Gasteiger partial charge >= 0.3 is 0 Å². The highest BCUT2D eigenvalue weighted by atomic mass is 16.3. The zero-order valence-electron chi connectivity index (χ0n) is 13.3. The Morgan fingerprint density at radius 2 is 1.81 bits per heavy atom. The lowest BCUT2D eigenvalue weighted by Gasteiger charge is -2.23. The third-order valence-electron chi connectivity index (χ3n) is 4.00. The minimum Gasteiger partial charge on any atom is -0.373 e. The van der Waals surface area contributed by atoms with Crippen molar-refractivity contribution in [3.8, 4) is 12.3 Å². The van der Waals surface area contributed by atoms with Crippen molar-refractivity contribution in [2.24, 2.45) is 11.8 Å². The van der Waals surface area contributed by atoms with E-state index in [0.29, 0.717) is 5.92 Å². The summed E-state index contributed by atoms with van der Waals surface area (Å²) in [6.45, 7) is 4.21. The van der Waals surface area contributed by atoms with Crippen molar-refractivity contribution in [2.45, 2.75) is 51.6 Å². The summed E-state index contributed by atoms with van der Waals surface area (Å²) in [7, 11) is 0. The lowest BCUT2D eigenvalue weighted by molar-refractivity contribution is 0.115. The van der Waals surface area contributed by atoms with Crippen molar-refractivity contribution in [2.75, 3.05) is 0 Å². The van der Waals surface area contributed by atoms with Crippen LogP contribution in [0.15, 0.2) is 48.6 Å². The molecule has 1 N–H and O–H groups in total. The van der Waals surface area contributed by atoms with Gasteiger partial charge in [0.05, 0.1) is 0 Å². The Balaban J connectivity index is 2.82. The minimum atomic E-state index is -1.21. The van der Waals surface area contributed by atoms with E-state index in [1.807, 2.05) is 31.2 Å². The van der Waals surface area contributed by atoms with Gasteiger partial charge in [-0.05, 0) is 31.3 Å². The van der Waals surface area contributed by atoms with E-state index in [2.05, 4.69) is 31.1 Å². The number of rotatable bonds is 0. The summed E-state index contributed by atoms with van der Waals surface area (Å²) in [6.07, 6.45) is 27.4. The van der Waals surface area contributed by atoms with Crippen LogP contribution in [-0.2, 0) is 0 Å². The van der Waals surface area contributed by atoms with Gasteiger partial charge in [-0.3, -0.25) is 0 Å². The molecule has 0 saturated carbocycles. The van der Waals surface area contributed by atoms with E-state index in [0.717, 1.165) is 6.42 Å². The first-order chi connectivity index (χ1) is 10.1. The molecule has 0 heterocycles. The minimum absolute atomic E-state index is 0.0874. The highest BCUT2D eigenvalue weighted by Gasteiger charge is 2.26. The number of terminal acetylenes is 1. The molecule has 0 bridgehead atoms. The summed E-state index contributed by atoms with van der Waals surface area (Å²) in [5.74, 6) is 3.03. The fraction of sp³-hybridized carbons (Fsp3) is 0.500. The van der Waals surface area contributed by atoms with Gasteiger partial charge < -0.3 is 5.11 Å². The van der Waals surface area contributed by atoms with E-state index in [1.165, 1.54) is 25.7 Å². The third kappa shape index (κ3) is 6.65. The Hall–Kier alpha value is -1.52. The van der Waals surface area contributed by atoms with Crippen molar-refractivity contribution in [1.29, 1.82) is 0 Å². The SMILES string of the molecule is C#CC1(O)\C=C/C=C\C=C/C(C)CCCCC/C=C\C1C. The van der Waals surface area contributed by atoms with Gasteiger partial charge in [-0.2, -0.15) is 0 Å². The lowest BCUT2D eigenvalue weighted by Crippen LogP contribution is -2.31. The molecule has 3 unspecified atom stereocenters. The summed E-state index contributed by atoms with van der Waals surface area (Å²) < 4.78 is 0. The Labute approximate surface area is 130 Å². The topological polar surface area (TPSA) is 20.2 Å². The molecule has 0 radical (unpaired) electrons. The fourth-order valence-electron chi connectivity index (χ4n) is 2.36. The zero-order chi connectivity index (χ0) is 15.6. The monoisotopic (exact) mass is 284 g/mol. The molecule has 114 valence electrons. The van der Waals surface area contributed by atoms with E-state index in [-0.39, 0.29) is 5.92 Å². The lowest BCUT2D eigenvalue weighted by atomic mass is 9.88. The molecular weight excluding hydrogens is 256 g/mol. The standard InChI is InChI=1S/C20H28O/c1-4-20(21)17-13-9-8-11-15-18(2)14-10-6-5-7-12-16-19(20)3/h1,8-9,11-13,15-19,21H,5-7,10,14H2,2-3H3/b9-8-,15-11-,16-12-,17-13-. The van der Waals surface area contributed by atoms with Crippen molar-refractivity contribution < 1.29 is 5.11 Å². The van der Waals surface area contributed by atoms with Gasteiger partial charge in [-0.15, -0.1) is 6.42 Å². The molecule has 0 saturated heterocycles. The van der Waals surface area contributed by atoms with Gasteiger partial charge in [0.2, 0.25) is 0 Å². The van der Waals surface area contributed by atoms with Crippen LogP contribution < -0.4 is 0 Å². The summed E-state index contributed by atoms with van der Waals surface area (Å²) in [5.41, 5.74) is -1.21. The summed E-state index contributed by atoms with van der Waals surface area (Å²) in [4.78, 5) is 0. The van der Waals surface area contributed by atoms with E-state index >= 15 is 0 Å². The molecule has 1 nitrogen and oxygen atoms in total. The highest BCUT2D eigenvalue weighted by Crippen LogP contribution is 2.21. The van der Waals surface area contributed by atoms with Gasteiger partial charge in [0, 0.05) is 5.92 Å². The molecule has 0 amide bonds. The van der Waals surface area contributed by atoms with Crippen LogP contribution in [0.4, 0.5) is 0 Å². The number of hydrogen-bond donors (Lipinski definition) is 1. The smallest absolute Gasteiger partial charge is 0.150 e. The van der Waals surface area contributed by atoms with Crippen LogP contribution in [0.5, 0.6) is 0 Å². The number of hydrogen-bond acceptors (Lipinski definition) is 1. The Kier molecular flexibility index (Phi) is 7.87. The van der Waals surface area contributed by atoms with Gasteiger partial charge in [-0.25, -0.2) is 0 Å². The molecule has 1 aliphatic carbocycles. The summed E-state index contributed by atoms with van der Waals surface area (Å²) in [6, 6.07) is 0. The van der Waals surface area contributed by atoms with Crippen molar-refractivity contribution in [3.05, 3.63) is 48.6 Å². The van der Waals surface area contributed by atoms with Gasteiger partial charge in [0.25, 0.3) is 0 Å². The van der Waals surface area contributed by atoms with Crippen LogP contribution in [0.3, 0.4) is 0 Å². The molecular formula is C20H28O. The second kappa shape index (κ2) is 9.42. The molecule has 3 atom stereocenters. The van der Waals surface area contributed by atoms with Gasteiger partial charge in [0.1, 0.15) is 5.60 Å². The predicted octanol–water partition coefficient (Wildman–Crippen LogP) is 4.81. The molecule has 0 fully saturated rings. The maximum atomic E-state index is 10.5. The molecule has 1 heteroatoms. The van der Waals surface area contributed by atoms with Crippen LogP contribution in [0.1, 0.15) is 46.0 Å². The molecule has 0 aromatic rings. The van der Waals surface area contributed by atoms with Crippen LogP contribution in [0.2, 0.25) is 0 Å². The maximum absolute atomic E-state index is 10.5. The molecule has 0 aromatic heterocycles. The third-order valence-corrected chi connectivity index (χ3v) is 4.00. The van der Waals surface area contributed by atoms with E-state index < -0.39 is 5.60 Å². The highest BCUT2D eigenvalue weighted by molar-refractivity contribution is 5.26. The molecule has 0 spiro atoms. The van der Waals surface area contributed by atoms with Crippen LogP contribution in [0.25, 0.3) is 0 Å². The van der Waals surface area contributed by atoms with Gasteiger partial charge in [0.15, 0.2) is 0 Å². The van der Waals surface area contributed by atoms with Crippen molar-refractivity contribution in [1.82, 2.24) is 0 Å².